The van der Waals surface area contributed by atoms with Crippen LogP contribution in [0.4, 0.5) is 0 Å². The molecule has 1 aromatic carbocycles. The zero-order valence-electron chi connectivity index (χ0n) is 18.9. The normalized spacial score (nSPS) is 14.8. The van der Waals surface area contributed by atoms with E-state index in [0.717, 1.165) is 16.5 Å². The van der Waals surface area contributed by atoms with Crippen LogP contribution in [0.1, 0.15) is 19.4 Å². The maximum Gasteiger partial charge on any atom is 0.327 e. The van der Waals surface area contributed by atoms with Gasteiger partial charge < -0.3 is 36.9 Å². The Morgan fingerprint density at radius 3 is 2.26 bits per heavy atom. The van der Waals surface area contributed by atoms with Gasteiger partial charge in [0.15, 0.2) is 0 Å². The number of nitrogens with one attached hydrogen (secondary N) is 4. The Kier molecular flexibility index (Phi) is 9.90. The Bertz CT molecular complexity index is 1030. The van der Waals surface area contributed by atoms with Gasteiger partial charge in [0.25, 0.3) is 0 Å². The van der Waals surface area contributed by atoms with Crippen LogP contribution in [-0.4, -0.2) is 75.4 Å². The Balaban J connectivity index is 2.01. The molecule has 0 aliphatic carbocycles. The maximum atomic E-state index is 12.7. The SMILES string of the molecule is CC(C)C(NC(=O)C(CO)NC(=O)C(N)Cc1c[nH]c2ccccc12)C(=O)NC(CS)C(=O)O. The van der Waals surface area contributed by atoms with E-state index in [0.29, 0.717) is 0 Å². The lowest BCUT2D eigenvalue weighted by molar-refractivity contribution is -0.142. The third kappa shape index (κ3) is 6.95. The van der Waals surface area contributed by atoms with Crippen molar-refractivity contribution in [1.82, 2.24) is 20.9 Å². The van der Waals surface area contributed by atoms with Crippen LogP contribution in [-0.2, 0) is 25.6 Å². The van der Waals surface area contributed by atoms with Crippen LogP contribution < -0.4 is 21.7 Å². The number of hydrogen-bond acceptors (Lipinski definition) is 7. The molecule has 0 spiro atoms. The minimum Gasteiger partial charge on any atom is -0.480 e. The number of rotatable bonds is 12. The number of amides is 3. The highest BCUT2D eigenvalue weighted by Crippen LogP contribution is 2.18. The third-order valence-corrected chi connectivity index (χ3v) is 5.68. The minimum absolute atomic E-state index is 0.135. The number of benzene rings is 1. The van der Waals surface area contributed by atoms with Crippen LogP contribution in [0, 0.1) is 5.92 Å². The molecule has 0 fully saturated rings. The summed E-state index contributed by atoms with van der Waals surface area (Å²) in [5, 5.41) is 26.9. The van der Waals surface area contributed by atoms with E-state index in [9.17, 15) is 24.3 Å². The number of carboxylic acids is 1. The number of hydrogen-bond donors (Lipinski definition) is 8. The molecule has 4 atom stereocenters. The number of carbonyl (C=O) groups excluding carboxylic acids is 3. The molecular weight excluding hydrogens is 462 g/mol. The van der Waals surface area contributed by atoms with Gasteiger partial charge in [0, 0.05) is 22.9 Å². The van der Waals surface area contributed by atoms with E-state index in [-0.39, 0.29) is 12.2 Å². The molecule has 4 unspecified atom stereocenters. The lowest BCUT2D eigenvalue weighted by Gasteiger charge is -2.26. The largest absolute Gasteiger partial charge is 0.480 e. The van der Waals surface area contributed by atoms with Crippen LogP contribution in [0.25, 0.3) is 10.9 Å². The van der Waals surface area contributed by atoms with Gasteiger partial charge in [-0.3, -0.25) is 14.4 Å². The van der Waals surface area contributed by atoms with Crippen molar-refractivity contribution in [2.45, 2.75) is 44.4 Å². The molecule has 0 aliphatic rings. The Hall–Kier alpha value is -3.09. The molecule has 0 radical (unpaired) electrons. The molecule has 3 amide bonds. The summed E-state index contributed by atoms with van der Waals surface area (Å²) in [6.45, 7) is 2.59. The van der Waals surface area contributed by atoms with Gasteiger partial charge >= 0.3 is 5.97 Å². The van der Waals surface area contributed by atoms with Gasteiger partial charge in [0.05, 0.1) is 12.6 Å². The monoisotopic (exact) mass is 493 g/mol. The summed E-state index contributed by atoms with van der Waals surface area (Å²) in [5.41, 5.74) is 7.76. The van der Waals surface area contributed by atoms with Crippen LogP contribution in [0.5, 0.6) is 0 Å². The summed E-state index contributed by atoms with van der Waals surface area (Å²) in [6.07, 6.45) is 1.96. The highest BCUT2D eigenvalue weighted by molar-refractivity contribution is 7.80. The first-order valence-corrected chi connectivity index (χ1v) is 11.4. The standard InChI is InChI=1S/C22H31N5O6S/c1-11(2)18(21(31)26-17(10-34)22(32)33)27-20(30)16(9-28)25-19(29)14(23)7-12-8-24-15-6-4-3-5-13(12)15/h3-6,8,11,14,16-18,24,28,34H,7,9-10,23H2,1-2H3,(H,25,29)(H,26,31)(H,27,30)(H,32,33). The highest BCUT2D eigenvalue weighted by atomic mass is 32.1. The van der Waals surface area contributed by atoms with Crippen molar-refractivity contribution in [3.63, 3.8) is 0 Å². The number of aliphatic hydroxyl groups is 1. The second kappa shape index (κ2) is 12.4. The summed E-state index contributed by atoms with van der Waals surface area (Å²) in [5.74, 6) is -3.97. The number of aliphatic hydroxyl groups excluding tert-OH is 1. The van der Waals surface area contributed by atoms with Crippen LogP contribution in [0.2, 0.25) is 0 Å². The van der Waals surface area contributed by atoms with E-state index in [1.54, 1.807) is 20.0 Å². The van der Waals surface area contributed by atoms with Crippen molar-refractivity contribution < 1.29 is 29.4 Å². The fourth-order valence-electron chi connectivity index (χ4n) is 3.34. The van der Waals surface area contributed by atoms with E-state index in [1.807, 2.05) is 24.3 Å². The summed E-state index contributed by atoms with van der Waals surface area (Å²) in [4.78, 5) is 52.1. The topological polar surface area (TPSA) is 187 Å². The van der Waals surface area contributed by atoms with Crippen molar-refractivity contribution in [2.75, 3.05) is 12.4 Å². The van der Waals surface area contributed by atoms with Gasteiger partial charge in [-0.1, -0.05) is 32.0 Å². The molecule has 186 valence electrons. The second-order valence-corrected chi connectivity index (χ2v) is 8.59. The number of aromatic amines is 1. The molecule has 8 N–H and O–H groups in total. The number of H-pyrrole nitrogens is 1. The predicted molar refractivity (Wildman–Crippen MR) is 129 cm³/mol. The van der Waals surface area contributed by atoms with E-state index in [1.165, 1.54) is 0 Å². The second-order valence-electron chi connectivity index (χ2n) is 8.23. The highest BCUT2D eigenvalue weighted by Gasteiger charge is 2.31. The van der Waals surface area contributed by atoms with Gasteiger partial charge in [0.1, 0.15) is 18.1 Å². The van der Waals surface area contributed by atoms with Crippen molar-refractivity contribution in [1.29, 1.82) is 0 Å². The first-order valence-electron chi connectivity index (χ1n) is 10.7. The fourth-order valence-corrected chi connectivity index (χ4v) is 3.59. The third-order valence-electron chi connectivity index (χ3n) is 5.31. The summed E-state index contributed by atoms with van der Waals surface area (Å²) < 4.78 is 0. The predicted octanol–water partition coefficient (Wildman–Crippen LogP) is -0.845. The number of aromatic nitrogens is 1. The number of para-hydroxylation sites is 1. The fraction of sp³-hybridized carbons (Fsp3) is 0.455. The molecule has 1 heterocycles. The van der Waals surface area contributed by atoms with Gasteiger partial charge in [-0.05, 0) is 24.0 Å². The molecule has 11 nitrogen and oxygen atoms in total. The number of carboxylic acid groups (broad SMARTS) is 1. The van der Waals surface area contributed by atoms with Crippen LogP contribution in [0.15, 0.2) is 30.5 Å². The zero-order valence-corrected chi connectivity index (χ0v) is 19.8. The molecule has 12 heteroatoms. The molecule has 0 saturated carbocycles. The number of thiol groups is 1. The first kappa shape index (κ1) is 27.2. The molecular formula is C22H31N5O6S. The average Bonchev–Trinajstić information content (AvgIpc) is 3.21. The summed E-state index contributed by atoms with van der Waals surface area (Å²) in [7, 11) is 0. The van der Waals surface area contributed by atoms with Gasteiger partial charge in [-0.15, -0.1) is 0 Å². The van der Waals surface area contributed by atoms with Crippen molar-refractivity contribution in [3.05, 3.63) is 36.0 Å². The smallest absolute Gasteiger partial charge is 0.327 e. The van der Waals surface area contributed by atoms with Crippen molar-refractivity contribution in [2.24, 2.45) is 11.7 Å². The number of carbonyl (C=O) groups is 4. The quantitative estimate of drug-likeness (QED) is 0.177. The Morgan fingerprint density at radius 1 is 1.03 bits per heavy atom. The summed E-state index contributed by atoms with van der Waals surface area (Å²) >= 11 is 3.90. The van der Waals surface area contributed by atoms with Gasteiger partial charge in [-0.25, -0.2) is 4.79 Å². The molecule has 2 aromatic rings. The van der Waals surface area contributed by atoms with Crippen LogP contribution in [0.3, 0.4) is 0 Å². The minimum atomic E-state index is -1.35. The van der Waals surface area contributed by atoms with E-state index < -0.39 is 60.4 Å². The Morgan fingerprint density at radius 2 is 1.68 bits per heavy atom. The molecule has 0 aliphatic heterocycles. The Labute approximate surface area is 202 Å². The van der Waals surface area contributed by atoms with E-state index in [2.05, 4.69) is 33.6 Å². The summed E-state index contributed by atoms with van der Waals surface area (Å²) in [6, 6.07) is 2.87. The lowest BCUT2D eigenvalue weighted by atomic mass is 10.0. The number of nitrogens with two attached hydrogens (primary N) is 1. The van der Waals surface area contributed by atoms with E-state index in [4.69, 9.17) is 10.8 Å². The lowest BCUT2D eigenvalue weighted by Crippen LogP contribution is -2.59. The maximum absolute atomic E-state index is 12.7. The van der Waals surface area contributed by atoms with Gasteiger partial charge in [0.2, 0.25) is 17.7 Å². The van der Waals surface area contributed by atoms with Gasteiger partial charge in [-0.2, -0.15) is 12.6 Å². The van der Waals surface area contributed by atoms with Crippen LogP contribution >= 0.6 is 12.6 Å². The number of aliphatic carboxylic acids is 1. The average molecular weight is 494 g/mol. The molecule has 0 bridgehead atoms. The number of fused-ring (bicyclic) bond motifs is 1. The first-order chi connectivity index (χ1) is 16.1. The van der Waals surface area contributed by atoms with E-state index >= 15 is 0 Å². The molecule has 2 rings (SSSR count). The zero-order chi connectivity index (χ0) is 25.4. The van der Waals surface area contributed by atoms with Crippen molar-refractivity contribution >= 4 is 47.2 Å². The molecule has 1 aromatic heterocycles. The molecule has 34 heavy (non-hydrogen) atoms. The van der Waals surface area contributed by atoms with Crippen molar-refractivity contribution in [3.8, 4) is 0 Å². The molecule has 0 saturated heterocycles.